The van der Waals surface area contributed by atoms with E-state index in [9.17, 15) is 4.39 Å². The second-order valence-corrected chi connectivity index (χ2v) is 6.75. The first-order valence-corrected chi connectivity index (χ1v) is 9.17. The molecule has 0 spiro atoms. The average molecular weight is 388 g/mol. The van der Waals surface area contributed by atoms with Gasteiger partial charge in [0.1, 0.15) is 11.6 Å². The number of hydrogen-bond acceptors (Lipinski definition) is 4. The van der Waals surface area contributed by atoms with Crippen LogP contribution in [-0.2, 0) is 6.42 Å². The maximum Gasteiger partial charge on any atom is 0.159 e. The smallest absolute Gasteiger partial charge is 0.159 e. The van der Waals surface area contributed by atoms with E-state index in [0.717, 1.165) is 5.56 Å². The first kappa shape index (κ1) is 18.8. The summed E-state index contributed by atoms with van der Waals surface area (Å²) in [6, 6.07) is 9.99. The lowest BCUT2D eigenvalue weighted by Crippen LogP contribution is -2.05. The van der Waals surface area contributed by atoms with Gasteiger partial charge in [-0.2, -0.15) is 0 Å². The quantitative estimate of drug-likeness (QED) is 0.489. The van der Waals surface area contributed by atoms with Gasteiger partial charge in [-0.1, -0.05) is 18.2 Å². The zero-order valence-electron chi connectivity index (χ0n) is 16.0. The predicted molar refractivity (Wildman–Crippen MR) is 107 cm³/mol. The Morgan fingerprint density at radius 1 is 0.759 bits per heavy atom. The predicted octanol–water partition coefficient (Wildman–Crippen LogP) is 5.09. The van der Waals surface area contributed by atoms with E-state index in [4.69, 9.17) is 0 Å². The summed E-state index contributed by atoms with van der Waals surface area (Å²) >= 11 is 0. The molecule has 0 fully saturated rings. The molecule has 0 saturated carbocycles. The van der Waals surface area contributed by atoms with Crippen molar-refractivity contribution in [1.82, 2.24) is 19.9 Å². The third-order valence-corrected chi connectivity index (χ3v) is 4.88. The molecular formula is C23H18F2N4. The minimum absolute atomic E-state index is 0.232. The molecule has 0 radical (unpaired) electrons. The number of nitrogens with zero attached hydrogens (tertiary/aromatic N) is 4. The van der Waals surface area contributed by atoms with Crippen molar-refractivity contribution < 1.29 is 8.78 Å². The van der Waals surface area contributed by atoms with Crippen molar-refractivity contribution in [3.63, 3.8) is 0 Å². The van der Waals surface area contributed by atoms with E-state index in [1.165, 1.54) is 6.07 Å². The van der Waals surface area contributed by atoms with Crippen molar-refractivity contribution in [2.75, 3.05) is 0 Å². The van der Waals surface area contributed by atoms with E-state index in [-0.39, 0.29) is 18.1 Å². The first-order chi connectivity index (χ1) is 14.1. The fraction of sp³-hybridized carbons (Fsp3) is 0.130. The number of benzene rings is 2. The Hall–Kier alpha value is -3.54. The fourth-order valence-electron chi connectivity index (χ4n) is 3.38. The van der Waals surface area contributed by atoms with Crippen molar-refractivity contribution in [1.29, 1.82) is 0 Å². The molecule has 0 saturated heterocycles. The van der Waals surface area contributed by atoms with Crippen LogP contribution in [-0.4, -0.2) is 19.9 Å². The minimum Gasteiger partial charge on any atom is -0.237 e. The molecule has 2 heterocycles. The van der Waals surface area contributed by atoms with Gasteiger partial charge in [-0.05, 0) is 48.7 Å². The second-order valence-electron chi connectivity index (χ2n) is 6.75. The Balaban J connectivity index is 1.90. The van der Waals surface area contributed by atoms with Gasteiger partial charge in [-0.15, -0.1) is 0 Å². The molecule has 0 aliphatic rings. The van der Waals surface area contributed by atoms with E-state index in [2.05, 4.69) is 19.9 Å². The van der Waals surface area contributed by atoms with Crippen LogP contribution in [0.3, 0.4) is 0 Å². The van der Waals surface area contributed by atoms with Gasteiger partial charge in [0, 0.05) is 47.9 Å². The maximum absolute atomic E-state index is 15.2. The van der Waals surface area contributed by atoms with Crippen molar-refractivity contribution in [3.8, 4) is 22.8 Å². The number of aryl methyl sites for hydroxylation is 1. The maximum atomic E-state index is 15.2. The monoisotopic (exact) mass is 388 g/mol. The minimum atomic E-state index is -0.354. The van der Waals surface area contributed by atoms with Gasteiger partial charge in [-0.25, -0.2) is 28.7 Å². The van der Waals surface area contributed by atoms with Crippen LogP contribution >= 0.6 is 0 Å². The summed E-state index contributed by atoms with van der Waals surface area (Å²) in [4.78, 5) is 17.1. The summed E-state index contributed by atoms with van der Waals surface area (Å²) in [5.74, 6) is 0.173. The van der Waals surface area contributed by atoms with Crippen molar-refractivity contribution in [2.45, 2.75) is 20.3 Å². The Morgan fingerprint density at radius 2 is 1.38 bits per heavy atom. The highest BCUT2D eigenvalue weighted by molar-refractivity contribution is 5.68. The van der Waals surface area contributed by atoms with Gasteiger partial charge in [0.05, 0.1) is 0 Å². The lowest BCUT2D eigenvalue weighted by molar-refractivity contribution is 0.604. The summed E-state index contributed by atoms with van der Waals surface area (Å²) in [6.07, 6.45) is 6.68. The molecule has 0 N–H and O–H groups in total. The zero-order valence-corrected chi connectivity index (χ0v) is 16.0. The number of aromatic nitrogens is 4. The lowest BCUT2D eigenvalue weighted by atomic mass is 9.91. The highest BCUT2D eigenvalue weighted by Gasteiger charge is 2.20. The third kappa shape index (κ3) is 3.61. The Kier molecular flexibility index (Phi) is 5.08. The number of hydrogen-bond donors (Lipinski definition) is 0. The Morgan fingerprint density at radius 3 is 2.03 bits per heavy atom. The lowest BCUT2D eigenvalue weighted by Gasteiger charge is -2.16. The zero-order chi connectivity index (χ0) is 20.4. The summed E-state index contributed by atoms with van der Waals surface area (Å²) in [6.45, 7) is 3.39. The molecule has 0 bridgehead atoms. The summed E-state index contributed by atoms with van der Waals surface area (Å²) in [7, 11) is 0. The van der Waals surface area contributed by atoms with Crippen LogP contribution < -0.4 is 0 Å². The van der Waals surface area contributed by atoms with E-state index < -0.39 is 0 Å². The van der Waals surface area contributed by atoms with Gasteiger partial charge in [0.25, 0.3) is 0 Å². The molecule has 0 amide bonds. The highest BCUT2D eigenvalue weighted by Crippen LogP contribution is 2.32. The summed E-state index contributed by atoms with van der Waals surface area (Å²) in [5.41, 5.74) is 3.33. The first-order valence-electron chi connectivity index (χ1n) is 9.17. The van der Waals surface area contributed by atoms with Crippen LogP contribution in [0, 0.1) is 25.5 Å². The Bertz CT molecular complexity index is 1160. The molecule has 6 heteroatoms. The van der Waals surface area contributed by atoms with E-state index >= 15 is 4.39 Å². The molecular weight excluding hydrogens is 370 g/mol. The van der Waals surface area contributed by atoms with E-state index in [1.54, 1.807) is 62.9 Å². The van der Waals surface area contributed by atoms with Crippen LogP contribution in [0.2, 0.25) is 0 Å². The van der Waals surface area contributed by atoms with Crippen molar-refractivity contribution in [3.05, 3.63) is 95.1 Å². The highest BCUT2D eigenvalue weighted by atomic mass is 19.1. The fourth-order valence-corrected chi connectivity index (χ4v) is 3.38. The van der Waals surface area contributed by atoms with Crippen molar-refractivity contribution in [2.24, 2.45) is 0 Å². The number of rotatable bonds is 4. The molecule has 0 aliphatic heterocycles. The molecule has 144 valence electrons. The van der Waals surface area contributed by atoms with Crippen LogP contribution in [0.15, 0.2) is 61.2 Å². The molecule has 4 nitrogen and oxygen atoms in total. The SMILES string of the molecule is Cc1ccc(-c2ncccn2)c(Cc2ccc(F)c(C)c2-c2ncccn2)c1F. The van der Waals surface area contributed by atoms with Gasteiger partial charge in [0.15, 0.2) is 11.6 Å². The molecule has 0 aliphatic carbocycles. The normalized spacial score (nSPS) is 10.9. The third-order valence-electron chi connectivity index (χ3n) is 4.88. The summed E-state index contributed by atoms with van der Waals surface area (Å²) < 4.78 is 29.5. The molecule has 2 aromatic heterocycles. The number of halogens is 2. The second kappa shape index (κ2) is 7.83. The molecule has 4 rings (SSSR count). The molecule has 0 atom stereocenters. The van der Waals surface area contributed by atoms with Gasteiger partial charge in [-0.3, -0.25) is 0 Å². The van der Waals surface area contributed by atoms with Crippen LogP contribution in [0.25, 0.3) is 22.8 Å². The standard InChI is InChI=1S/C23H18F2N4/c1-14-5-7-17(22-26-9-3-10-27-22)18(21(14)25)13-16-6-8-19(24)15(2)20(16)23-28-11-4-12-29-23/h3-12H,13H2,1-2H3. The van der Waals surface area contributed by atoms with E-state index in [0.29, 0.717) is 39.5 Å². The molecule has 2 aromatic carbocycles. The average Bonchev–Trinajstić information content (AvgIpc) is 2.75. The molecule has 4 aromatic rings. The molecule has 0 unspecified atom stereocenters. The van der Waals surface area contributed by atoms with Crippen LogP contribution in [0.4, 0.5) is 8.78 Å². The Labute approximate surface area is 167 Å². The van der Waals surface area contributed by atoms with Gasteiger partial charge < -0.3 is 0 Å². The van der Waals surface area contributed by atoms with Gasteiger partial charge in [0.2, 0.25) is 0 Å². The molecule has 29 heavy (non-hydrogen) atoms. The van der Waals surface area contributed by atoms with Crippen molar-refractivity contribution >= 4 is 0 Å². The van der Waals surface area contributed by atoms with E-state index in [1.807, 2.05) is 6.07 Å². The van der Waals surface area contributed by atoms with Crippen LogP contribution in [0.1, 0.15) is 22.3 Å². The topological polar surface area (TPSA) is 51.6 Å². The summed E-state index contributed by atoms with van der Waals surface area (Å²) in [5, 5.41) is 0. The van der Waals surface area contributed by atoms with Gasteiger partial charge >= 0.3 is 0 Å². The largest absolute Gasteiger partial charge is 0.237 e. The van der Waals surface area contributed by atoms with Crippen LogP contribution in [0.5, 0.6) is 0 Å².